The van der Waals surface area contributed by atoms with Gasteiger partial charge in [0.1, 0.15) is 11.5 Å². The van der Waals surface area contributed by atoms with Crippen LogP contribution in [0.2, 0.25) is 0 Å². The molecule has 0 aliphatic rings. The first-order valence-corrected chi connectivity index (χ1v) is 7.34. The number of amides is 1. The normalized spacial score (nSPS) is 12.8. The van der Waals surface area contributed by atoms with E-state index >= 15 is 0 Å². The van der Waals surface area contributed by atoms with Gasteiger partial charge in [-0.05, 0) is 26.7 Å². The first-order chi connectivity index (χ1) is 8.92. The maximum absolute atomic E-state index is 12.2. The van der Waals surface area contributed by atoms with Crippen molar-refractivity contribution in [1.82, 2.24) is 5.32 Å². The molecule has 0 fully saturated rings. The quantitative estimate of drug-likeness (QED) is 0.803. The van der Waals surface area contributed by atoms with E-state index in [1.54, 1.807) is 0 Å². The van der Waals surface area contributed by atoms with E-state index in [4.69, 9.17) is 16.0 Å². The Morgan fingerprint density at radius 3 is 2.21 bits per heavy atom. The molecule has 1 heterocycles. The molecule has 0 aliphatic carbocycles. The fourth-order valence-corrected chi connectivity index (χ4v) is 2.81. The minimum atomic E-state index is -0.0940. The van der Waals surface area contributed by atoms with Crippen molar-refractivity contribution < 1.29 is 9.21 Å². The van der Waals surface area contributed by atoms with Gasteiger partial charge in [-0.15, -0.1) is 11.6 Å². The van der Waals surface area contributed by atoms with Crippen molar-refractivity contribution in [2.24, 2.45) is 5.92 Å². The van der Waals surface area contributed by atoms with Gasteiger partial charge in [0.25, 0.3) is 5.91 Å². The van der Waals surface area contributed by atoms with Gasteiger partial charge in [0, 0.05) is 12.1 Å². The zero-order chi connectivity index (χ0) is 14.6. The van der Waals surface area contributed by atoms with Crippen LogP contribution in [-0.2, 0) is 0 Å². The fraction of sp³-hybridized carbons (Fsp3) is 0.667. The monoisotopic (exact) mass is 285 g/mol. The largest absolute Gasteiger partial charge is 0.466 e. The number of hydrogen-bond acceptors (Lipinski definition) is 2. The number of hydrogen-bond donors (Lipinski definition) is 1. The van der Waals surface area contributed by atoms with Crippen LogP contribution in [0.3, 0.4) is 0 Å². The van der Waals surface area contributed by atoms with Gasteiger partial charge in [-0.1, -0.05) is 26.7 Å². The van der Waals surface area contributed by atoms with Crippen LogP contribution in [-0.4, -0.2) is 17.8 Å². The van der Waals surface area contributed by atoms with Crippen LogP contribution in [0.25, 0.3) is 0 Å². The summed E-state index contributed by atoms with van der Waals surface area (Å²) in [6.45, 7) is 10.3. The molecule has 0 radical (unpaired) electrons. The van der Waals surface area contributed by atoms with Crippen molar-refractivity contribution >= 4 is 17.5 Å². The Hall–Kier alpha value is -0.960. The second kappa shape index (κ2) is 6.99. The van der Waals surface area contributed by atoms with Crippen LogP contribution in [0.5, 0.6) is 0 Å². The molecule has 0 aromatic carbocycles. The number of carbonyl (C=O) groups excluding carboxylic acids is 1. The minimum Gasteiger partial charge on any atom is -0.466 e. The Labute approximate surface area is 120 Å². The summed E-state index contributed by atoms with van der Waals surface area (Å²) in [6.07, 6.45) is 2.06. The van der Waals surface area contributed by atoms with Gasteiger partial charge in [-0.3, -0.25) is 4.79 Å². The predicted molar refractivity (Wildman–Crippen MR) is 79.0 cm³/mol. The van der Waals surface area contributed by atoms with Crippen molar-refractivity contribution in [3.8, 4) is 0 Å². The summed E-state index contributed by atoms with van der Waals surface area (Å²) >= 11 is 6.33. The summed E-state index contributed by atoms with van der Waals surface area (Å²) in [6, 6.07) is 0. The van der Waals surface area contributed by atoms with Crippen LogP contribution >= 0.6 is 11.6 Å². The highest BCUT2D eigenvalue weighted by Crippen LogP contribution is 2.21. The highest BCUT2D eigenvalue weighted by Gasteiger charge is 2.21. The first-order valence-electron chi connectivity index (χ1n) is 6.91. The third-order valence-corrected chi connectivity index (χ3v) is 4.32. The lowest BCUT2D eigenvalue weighted by molar-refractivity contribution is 0.0949. The standard InChI is InChI=1S/C15H24ClNO2/c1-6-12(7-2)13(16)8-17-15(18)14-9(3)10(4)19-11(14)5/h12-13H,6-8H2,1-5H3,(H,17,18). The summed E-state index contributed by atoms with van der Waals surface area (Å²) in [5.74, 6) is 1.81. The van der Waals surface area contributed by atoms with Crippen molar-refractivity contribution in [3.05, 3.63) is 22.6 Å². The molecule has 1 unspecified atom stereocenters. The molecule has 1 amide bonds. The average molecular weight is 286 g/mol. The lowest BCUT2D eigenvalue weighted by atomic mass is 9.99. The van der Waals surface area contributed by atoms with Crippen molar-refractivity contribution in [3.63, 3.8) is 0 Å². The van der Waals surface area contributed by atoms with Gasteiger partial charge in [0.15, 0.2) is 0 Å². The van der Waals surface area contributed by atoms with E-state index in [1.165, 1.54) is 0 Å². The van der Waals surface area contributed by atoms with E-state index in [1.807, 2.05) is 20.8 Å². The molecule has 0 spiro atoms. The Balaban J connectivity index is 2.66. The fourth-order valence-electron chi connectivity index (χ4n) is 2.37. The van der Waals surface area contributed by atoms with Crippen LogP contribution in [0, 0.1) is 26.7 Å². The second-order valence-corrected chi connectivity index (χ2v) is 5.58. The summed E-state index contributed by atoms with van der Waals surface area (Å²) < 4.78 is 5.47. The van der Waals surface area contributed by atoms with Gasteiger partial charge < -0.3 is 9.73 Å². The van der Waals surface area contributed by atoms with E-state index in [9.17, 15) is 4.79 Å². The van der Waals surface area contributed by atoms with Crippen LogP contribution in [0.1, 0.15) is 54.1 Å². The maximum Gasteiger partial charge on any atom is 0.255 e. The summed E-state index contributed by atoms with van der Waals surface area (Å²) in [7, 11) is 0. The topological polar surface area (TPSA) is 42.2 Å². The number of nitrogens with one attached hydrogen (secondary N) is 1. The average Bonchev–Trinajstić information content (AvgIpc) is 2.62. The Morgan fingerprint density at radius 2 is 1.79 bits per heavy atom. The second-order valence-electron chi connectivity index (χ2n) is 5.02. The zero-order valence-corrected chi connectivity index (χ0v) is 13.2. The Kier molecular flexibility index (Phi) is 5.92. The number of alkyl halides is 1. The van der Waals surface area contributed by atoms with Gasteiger partial charge in [-0.2, -0.15) is 0 Å². The van der Waals surface area contributed by atoms with Crippen LogP contribution < -0.4 is 5.32 Å². The highest BCUT2D eigenvalue weighted by molar-refractivity contribution is 6.21. The number of carbonyl (C=O) groups is 1. The Bertz CT molecular complexity index is 436. The zero-order valence-electron chi connectivity index (χ0n) is 12.5. The first kappa shape index (κ1) is 16.1. The molecule has 0 saturated heterocycles. The molecule has 3 nitrogen and oxygen atoms in total. The molecule has 1 aromatic rings. The molecule has 0 bridgehead atoms. The van der Waals surface area contributed by atoms with Gasteiger partial charge in [0.05, 0.1) is 10.9 Å². The molecule has 0 aliphatic heterocycles. The maximum atomic E-state index is 12.2. The summed E-state index contributed by atoms with van der Waals surface area (Å²) in [5.41, 5.74) is 1.55. The number of rotatable bonds is 6. The highest BCUT2D eigenvalue weighted by atomic mass is 35.5. The van der Waals surface area contributed by atoms with Crippen molar-refractivity contribution in [2.45, 2.75) is 52.8 Å². The molecule has 1 aromatic heterocycles. The van der Waals surface area contributed by atoms with Crippen LogP contribution in [0.15, 0.2) is 4.42 Å². The third-order valence-electron chi connectivity index (χ3n) is 3.81. The molecule has 4 heteroatoms. The molecule has 1 atom stereocenters. The van der Waals surface area contributed by atoms with Gasteiger partial charge in [0.2, 0.25) is 0 Å². The summed E-state index contributed by atoms with van der Waals surface area (Å²) in [4.78, 5) is 12.2. The van der Waals surface area contributed by atoms with Crippen LogP contribution in [0.4, 0.5) is 0 Å². The molecule has 1 N–H and O–H groups in total. The lowest BCUT2D eigenvalue weighted by Crippen LogP contribution is -2.33. The third kappa shape index (κ3) is 3.75. The lowest BCUT2D eigenvalue weighted by Gasteiger charge is -2.19. The number of furan rings is 1. The van der Waals surface area contributed by atoms with Gasteiger partial charge in [-0.25, -0.2) is 0 Å². The van der Waals surface area contributed by atoms with Crippen molar-refractivity contribution in [2.75, 3.05) is 6.54 Å². The molecule has 19 heavy (non-hydrogen) atoms. The number of aryl methyl sites for hydroxylation is 2. The molecular weight excluding hydrogens is 262 g/mol. The number of halogens is 1. The van der Waals surface area contributed by atoms with E-state index < -0.39 is 0 Å². The van der Waals surface area contributed by atoms with E-state index in [0.29, 0.717) is 23.8 Å². The van der Waals surface area contributed by atoms with Crippen molar-refractivity contribution in [1.29, 1.82) is 0 Å². The van der Waals surface area contributed by atoms with E-state index in [-0.39, 0.29) is 11.3 Å². The van der Waals surface area contributed by atoms with E-state index in [2.05, 4.69) is 19.2 Å². The summed E-state index contributed by atoms with van der Waals surface area (Å²) in [5, 5.41) is 2.89. The van der Waals surface area contributed by atoms with Gasteiger partial charge >= 0.3 is 0 Å². The molecule has 108 valence electrons. The van der Waals surface area contributed by atoms with E-state index in [0.717, 1.165) is 24.2 Å². The predicted octanol–water partition coefficient (Wildman–Crippen LogP) is 3.98. The Morgan fingerprint density at radius 1 is 1.21 bits per heavy atom. The molecular formula is C15H24ClNO2. The minimum absolute atomic E-state index is 0.0208. The smallest absolute Gasteiger partial charge is 0.255 e. The SMILES string of the molecule is CCC(CC)C(Cl)CNC(=O)c1c(C)oc(C)c1C. The molecule has 0 saturated carbocycles. The molecule has 1 rings (SSSR count).